The highest BCUT2D eigenvalue weighted by Gasteiger charge is 2.25. The standard InChI is InChI=1S/C22H17F2N3O4S/c1-26-18-11-17(25-21(28)13-4-3-5-15(24)10-13)20(12-19(18)27(2)22(26)29)32(30,31)16-8-6-14(23)7-9-16/h3-12H,1-2H3,(H,25,28). The van der Waals surface area contributed by atoms with Crippen LogP contribution in [0.5, 0.6) is 0 Å². The van der Waals surface area contributed by atoms with Gasteiger partial charge in [-0.1, -0.05) is 6.07 Å². The zero-order valence-electron chi connectivity index (χ0n) is 17.0. The molecule has 1 amide bonds. The van der Waals surface area contributed by atoms with Crippen LogP contribution in [0.3, 0.4) is 0 Å². The van der Waals surface area contributed by atoms with Crippen molar-refractivity contribution in [2.75, 3.05) is 5.32 Å². The quantitative estimate of drug-likeness (QED) is 0.477. The van der Waals surface area contributed by atoms with E-state index in [1.807, 2.05) is 0 Å². The second-order valence-electron chi connectivity index (χ2n) is 7.16. The van der Waals surface area contributed by atoms with E-state index in [0.717, 1.165) is 30.3 Å². The van der Waals surface area contributed by atoms with Crippen LogP contribution in [0.2, 0.25) is 0 Å². The van der Waals surface area contributed by atoms with Crippen LogP contribution in [0.4, 0.5) is 14.5 Å². The number of nitrogens with one attached hydrogen (secondary N) is 1. The fourth-order valence-corrected chi connectivity index (χ4v) is 4.83. The van der Waals surface area contributed by atoms with Gasteiger partial charge in [0.15, 0.2) is 0 Å². The van der Waals surface area contributed by atoms with Crippen LogP contribution in [0.25, 0.3) is 11.0 Å². The van der Waals surface area contributed by atoms with Gasteiger partial charge in [-0.2, -0.15) is 0 Å². The molecule has 0 aliphatic heterocycles. The molecule has 1 N–H and O–H groups in total. The summed E-state index contributed by atoms with van der Waals surface area (Å²) < 4.78 is 56.2. The van der Waals surface area contributed by atoms with Crippen molar-refractivity contribution in [2.24, 2.45) is 14.1 Å². The first-order chi connectivity index (χ1) is 15.1. The zero-order chi connectivity index (χ0) is 23.2. The van der Waals surface area contributed by atoms with Crippen molar-refractivity contribution in [1.82, 2.24) is 9.13 Å². The van der Waals surface area contributed by atoms with E-state index in [-0.39, 0.29) is 21.0 Å². The lowest BCUT2D eigenvalue weighted by atomic mass is 10.2. The number of anilines is 1. The van der Waals surface area contributed by atoms with Gasteiger partial charge < -0.3 is 5.32 Å². The molecule has 0 radical (unpaired) electrons. The number of nitrogens with zero attached hydrogens (tertiary/aromatic N) is 2. The van der Waals surface area contributed by atoms with Gasteiger partial charge in [0, 0.05) is 19.7 Å². The second kappa shape index (κ2) is 7.72. The maximum absolute atomic E-state index is 13.5. The van der Waals surface area contributed by atoms with Gasteiger partial charge in [0.1, 0.15) is 11.6 Å². The van der Waals surface area contributed by atoms with Gasteiger partial charge in [-0.3, -0.25) is 13.9 Å². The molecule has 10 heteroatoms. The average Bonchev–Trinajstić information content (AvgIpc) is 2.97. The number of hydrogen-bond donors (Lipinski definition) is 1. The number of carbonyl (C=O) groups is 1. The summed E-state index contributed by atoms with van der Waals surface area (Å²) in [4.78, 5) is 24.6. The van der Waals surface area contributed by atoms with Gasteiger partial charge in [-0.05, 0) is 54.6 Å². The normalized spacial score (nSPS) is 11.6. The van der Waals surface area contributed by atoms with Crippen LogP contribution in [0, 0.1) is 11.6 Å². The molecular weight excluding hydrogens is 440 g/mol. The Balaban J connectivity index is 1.94. The van der Waals surface area contributed by atoms with Gasteiger partial charge in [0.05, 0.1) is 26.5 Å². The molecule has 4 rings (SSSR count). The minimum Gasteiger partial charge on any atom is -0.321 e. The number of benzene rings is 3. The second-order valence-corrected chi connectivity index (χ2v) is 9.08. The van der Waals surface area contributed by atoms with Crippen molar-refractivity contribution in [3.63, 3.8) is 0 Å². The number of halogens is 2. The highest BCUT2D eigenvalue weighted by Crippen LogP contribution is 2.32. The maximum Gasteiger partial charge on any atom is 0.328 e. The predicted octanol–water partition coefficient (Wildman–Crippen LogP) is 3.24. The van der Waals surface area contributed by atoms with Crippen LogP contribution in [0.15, 0.2) is 75.2 Å². The van der Waals surface area contributed by atoms with Gasteiger partial charge in [-0.15, -0.1) is 0 Å². The summed E-state index contributed by atoms with van der Waals surface area (Å²) in [6.45, 7) is 0. The molecule has 0 fully saturated rings. The van der Waals surface area contributed by atoms with Crippen molar-refractivity contribution < 1.29 is 22.0 Å². The first-order valence-corrected chi connectivity index (χ1v) is 10.8. The summed E-state index contributed by atoms with van der Waals surface area (Å²) in [6.07, 6.45) is 0. The average molecular weight is 457 g/mol. The lowest BCUT2D eigenvalue weighted by Gasteiger charge is -2.13. The molecule has 7 nitrogen and oxygen atoms in total. The monoisotopic (exact) mass is 457 g/mol. The van der Waals surface area contributed by atoms with E-state index in [4.69, 9.17) is 0 Å². The Labute approximate surface area is 181 Å². The highest BCUT2D eigenvalue weighted by molar-refractivity contribution is 7.91. The molecule has 0 atom stereocenters. The fourth-order valence-electron chi connectivity index (χ4n) is 3.41. The van der Waals surface area contributed by atoms with Gasteiger partial charge in [0.25, 0.3) is 5.91 Å². The molecule has 0 aliphatic rings. The molecule has 0 saturated carbocycles. The van der Waals surface area contributed by atoms with Crippen molar-refractivity contribution in [3.05, 3.63) is 88.3 Å². The minimum absolute atomic E-state index is 0.0165. The molecule has 1 aromatic heterocycles. The SMILES string of the molecule is Cn1c(=O)n(C)c2cc(S(=O)(=O)c3ccc(F)cc3)c(NC(=O)c3cccc(F)c3)cc21. The summed E-state index contributed by atoms with van der Waals surface area (Å²) in [5, 5.41) is 2.51. The Morgan fingerprint density at radius 1 is 0.875 bits per heavy atom. The number of rotatable bonds is 4. The predicted molar refractivity (Wildman–Crippen MR) is 114 cm³/mol. The molecule has 0 saturated heterocycles. The van der Waals surface area contributed by atoms with E-state index in [2.05, 4.69) is 5.32 Å². The molecule has 32 heavy (non-hydrogen) atoms. The van der Waals surface area contributed by atoms with E-state index in [0.29, 0.717) is 11.0 Å². The molecule has 4 aromatic rings. The summed E-state index contributed by atoms with van der Waals surface area (Å²) in [5.41, 5.74) is 0.195. The van der Waals surface area contributed by atoms with Gasteiger partial charge in [0.2, 0.25) is 9.84 Å². The van der Waals surface area contributed by atoms with E-state index >= 15 is 0 Å². The molecule has 0 unspecified atom stereocenters. The van der Waals surface area contributed by atoms with Crippen molar-refractivity contribution in [2.45, 2.75) is 9.79 Å². The largest absolute Gasteiger partial charge is 0.328 e. The van der Waals surface area contributed by atoms with Crippen LogP contribution in [-0.2, 0) is 23.9 Å². The highest BCUT2D eigenvalue weighted by atomic mass is 32.2. The molecule has 3 aromatic carbocycles. The lowest BCUT2D eigenvalue weighted by molar-refractivity contribution is 0.102. The molecule has 0 spiro atoms. The Hall–Kier alpha value is -3.79. The fraction of sp³-hybridized carbons (Fsp3) is 0.0909. The van der Waals surface area contributed by atoms with Crippen LogP contribution in [-0.4, -0.2) is 23.5 Å². The minimum atomic E-state index is -4.21. The van der Waals surface area contributed by atoms with Crippen LogP contribution in [0.1, 0.15) is 10.4 Å². The molecule has 1 heterocycles. The Kier molecular flexibility index (Phi) is 5.17. The number of aromatic nitrogens is 2. The smallest absolute Gasteiger partial charge is 0.321 e. The molecule has 0 aliphatic carbocycles. The van der Waals surface area contributed by atoms with Gasteiger partial charge >= 0.3 is 5.69 Å². The first-order valence-electron chi connectivity index (χ1n) is 9.36. The Morgan fingerprint density at radius 3 is 2.12 bits per heavy atom. The van der Waals surface area contributed by atoms with E-state index in [9.17, 15) is 26.8 Å². The van der Waals surface area contributed by atoms with Crippen LogP contribution < -0.4 is 11.0 Å². The van der Waals surface area contributed by atoms with Crippen molar-refractivity contribution >= 4 is 32.5 Å². The van der Waals surface area contributed by atoms with Crippen LogP contribution >= 0.6 is 0 Å². The summed E-state index contributed by atoms with van der Waals surface area (Å²) >= 11 is 0. The Bertz CT molecular complexity index is 1540. The number of carbonyl (C=O) groups excluding carboxylic acids is 1. The van der Waals surface area contributed by atoms with Crippen molar-refractivity contribution in [3.8, 4) is 0 Å². The summed E-state index contributed by atoms with van der Waals surface area (Å²) in [6, 6.07) is 11.8. The number of aryl methyl sites for hydroxylation is 2. The third-order valence-corrected chi connectivity index (χ3v) is 6.93. The van der Waals surface area contributed by atoms with E-state index < -0.39 is 33.1 Å². The van der Waals surface area contributed by atoms with E-state index in [1.165, 1.54) is 53.6 Å². The molecule has 164 valence electrons. The lowest BCUT2D eigenvalue weighted by Crippen LogP contribution is -2.19. The van der Waals surface area contributed by atoms with Crippen molar-refractivity contribution in [1.29, 1.82) is 0 Å². The Morgan fingerprint density at radius 2 is 1.50 bits per heavy atom. The van der Waals surface area contributed by atoms with E-state index in [1.54, 1.807) is 0 Å². The first kappa shape index (κ1) is 21.4. The number of amides is 1. The number of sulfone groups is 1. The third-order valence-electron chi connectivity index (χ3n) is 5.12. The summed E-state index contributed by atoms with van der Waals surface area (Å²) in [5.74, 6) is -1.97. The summed E-state index contributed by atoms with van der Waals surface area (Å²) in [7, 11) is -1.21. The third kappa shape index (κ3) is 3.58. The topological polar surface area (TPSA) is 90.2 Å². The number of imidazole rings is 1. The molecular formula is C22H17F2N3O4S. The zero-order valence-corrected chi connectivity index (χ0v) is 17.8. The number of fused-ring (bicyclic) bond motifs is 1. The molecule has 0 bridgehead atoms. The number of hydrogen-bond acceptors (Lipinski definition) is 4. The maximum atomic E-state index is 13.5. The van der Waals surface area contributed by atoms with Gasteiger partial charge in [-0.25, -0.2) is 22.0 Å².